The van der Waals surface area contributed by atoms with Crippen LogP contribution in [0.2, 0.25) is 0 Å². The Morgan fingerprint density at radius 3 is 2.44 bits per heavy atom. The quantitative estimate of drug-likeness (QED) is 0.908. The Morgan fingerprint density at radius 1 is 1.00 bits per heavy atom. The van der Waals surface area contributed by atoms with Gasteiger partial charge in [-0.2, -0.15) is 4.98 Å². The maximum atomic E-state index is 12.4. The standard InChI is InChI=1S/C18H28N4O3/c23-18(19-15-3-1-2-4-15)22-9-5-14(6-10-22)17-20-16(21-25-17)13-7-11-24-12-8-13/h13-15H,1-12H2,(H,19,23). The zero-order valence-electron chi connectivity index (χ0n) is 14.8. The summed E-state index contributed by atoms with van der Waals surface area (Å²) in [4.78, 5) is 19.0. The van der Waals surface area contributed by atoms with Crippen molar-refractivity contribution in [3.05, 3.63) is 11.7 Å². The highest BCUT2D eigenvalue weighted by Gasteiger charge is 2.30. The molecule has 2 saturated heterocycles. The van der Waals surface area contributed by atoms with Crippen molar-refractivity contribution in [2.45, 2.75) is 69.2 Å². The average molecular weight is 348 g/mol. The van der Waals surface area contributed by atoms with Gasteiger partial charge in [-0.15, -0.1) is 0 Å². The van der Waals surface area contributed by atoms with E-state index in [4.69, 9.17) is 9.26 Å². The van der Waals surface area contributed by atoms with Crippen LogP contribution < -0.4 is 5.32 Å². The number of piperidine rings is 1. The van der Waals surface area contributed by atoms with Crippen LogP contribution in [0.25, 0.3) is 0 Å². The molecule has 1 saturated carbocycles. The predicted octanol–water partition coefficient (Wildman–Crippen LogP) is 2.80. The fourth-order valence-electron chi connectivity index (χ4n) is 4.20. The molecule has 0 aromatic carbocycles. The average Bonchev–Trinajstić information content (AvgIpc) is 3.34. The van der Waals surface area contributed by atoms with Crippen LogP contribution in [0, 0.1) is 0 Å². The molecule has 0 atom stereocenters. The van der Waals surface area contributed by atoms with Crippen molar-refractivity contribution in [3.63, 3.8) is 0 Å². The minimum absolute atomic E-state index is 0.0961. The van der Waals surface area contributed by atoms with Crippen LogP contribution in [0.3, 0.4) is 0 Å². The molecule has 0 unspecified atom stereocenters. The molecule has 25 heavy (non-hydrogen) atoms. The van der Waals surface area contributed by atoms with Gasteiger partial charge in [-0.3, -0.25) is 0 Å². The van der Waals surface area contributed by atoms with Crippen LogP contribution in [0.1, 0.15) is 74.9 Å². The van der Waals surface area contributed by atoms with E-state index < -0.39 is 0 Å². The van der Waals surface area contributed by atoms with E-state index in [9.17, 15) is 4.79 Å². The van der Waals surface area contributed by atoms with Gasteiger partial charge in [0.2, 0.25) is 5.89 Å². The number of nitrogens with one attached hydrogen (secondary N) is 1. The number of carbonyl (C=O) groups excluding carboxylic acids is 1. The Morgan fingerprint density at radius 2 is 1.72 bits per heavy atom. The van der Waals surface area contributed by atoms with Crippen molar-refractivity contribution in [3.8, 4) is 0 Å². The fraction of sp³-hybridized carbons (Fsp3) is 0.833. The number of urea groups is 1. The Kier molecular flexibility index (Phi) is 5.20. The van der Waals surface area contributed by atoms with E-state index >= 15 is 0 Å². The second-order valence-corrected chi connectivity index (χ2v) is 7.57. The number of nitrogens with zero attached hydrogens (tertiary/aromatic N) is 3. The Balaban J connectivity index is 1.28. The molecule has 138 valence electrons. The SMILES string of the molecule is O=C(NC1CCCC1)N1CCC(c2nc(C3CCOCC3)no2)CC1. The highest BCUT2D eigenvalue weighted by atomic mass is 16.5. The van der Waals surface area contributed by atoms with Gasteiger partial charge < -0.3 is 19.5 Å². The van der Waals surface area contributed by atoms with E-state index in [-0.39, 0.29) is 11.9 Å². The number of amides is 2. The number of hydrogen-bond donors (Lipinski definition) is 1. The van der Waals surface area contributed by atoms with Crippen molar-refractivity contribution in [2.24, 2.45) is 0 Å². The summed E-state index contributed by atoms with van der Waals surface area (Å²) >= 11 is 0. The normalized spacial score (nSPS) is 23.9. The van der Waals surface area contributed by atoms with E-state index in [0.717, 1.165) is 76.5 Å². The van der Waals surface area contributed by atoms with E-state index in [1.165, 1.54) is 12.8 Å². The summed E-state index contributed by atoms with van der Waals surface area (Å²) in [5.41, 5.74) is 0. The summed E-state index contributed by atoms with van der Waals surface area (Å²) in [6, 6.07) is 0.474. The first kappa shape index (κ1) is 16.8. The minimum Gasteiger partial charge on any atom is -0.381 e. The van der Waals surface area contributed by atoms with Crippen LogP contribution in [-0.2, 0) is 4.74 Å². The lowest BCUT2D eigenvalue weighted by Crippen LogP contribution is -2.47. The topological polar surface area (TPSA) is 80.5 Å². The van der Waals surface area contributed by atoms with Gasteiger partial charge in [0.1, 0.15) is 0 Å². The van der Waals surface area contributed by atoms with Crippen molar-refractivity contribution in [1.29, 1.82) is 0 Å². The van der Waals surface area contributed by atoms with Crippen LogP contribution in [0.5, 0.6) is 0 Å². The molecule has 2 amide bonds. The number of aromatic nitrogens is 2. The molecule has 3 heterocycles. The molecular weight excluding hydrogens is 320 g/mol. The molecule has 0 spiro atoms. The lowest BCUT2D eigenvalue weighted by molar-refractivity contribution is 0.0830. The maximum Gasteiger partial charge on any atom is 0.317 e. The number of hydrogen-bond acceptors (Lipinski definition) is 5. The van der Waals surface area contributed by atoms with Crippen molar-refractivity contribution < 1.29 is 14.1 Å². The van der Waals surface area contributed by atoms with Crippen LogP contribution in [0.15, 0.2) is 4.52 Å². The molecule has 1 aromatic rings. The van der Waals surface area contributed by atoms with E-state index in [2.05, 4.69) is 15.5 Å². The monoisotopic (exact) mass is 348 g/mol. The van der Waals surface area contributed by atoms with Crippen LogP contribution >= 0.6 is 0 Å². The Labute approximate surface area is 148 Å². The highest BCUT2D eigenvalue weighted by Crippen LogP contribution is 2.30. The third-order valence-corrected chi connectivity index (χ3v) is 5.86. The second kappa shape index (κ2) is 7.72. The molecule has 4 rings (SSSR count). The van der Waals surface area contributed by atoms with E-state index in [1.54, 1.807) is 0 Å². The number of rotatable bonds is 3. The largest absolute Gasteiger partial charge is 0.381 e. The van der Waals surface area contributed by atoms with E-state index in [0.29, 0.717) is 12.0 Å². The van der Waals surface area contributed by atoms with Crippen LogP contribution in [-0.4, -0.2) is 53.4 Å². The van der Waals surface area contributed by atoms with Gasteiger partial charge in [-0.1, -0.05) is 18.0 Å². The van der Waals surface area contributed by atoms with Gasteiger partial charge in [0.15, 0.2) is 5.82 Å². The first-order chi connectivity index (χ1) is 12.3. The molecule has 0 radical (unpaired) electrons. The lowest BCUT2D eigenvalue weighted by Gasteiger charge is -2.31. The van der Waals surface area contributed by atoms with Gasteiger partial charge in [-0.05, 0) is 38.5 Å². The second-order valence-electron chi connectivity index (χ2n) is 7.57. The molecule has 1 aliphatic carbocycles. The maximum absolute atomic E-state index is 12.4. The van der Waals surface area contributed by atoms with Crippen molar-refractivity contribution in [1.82, 2.24) is 20.4 Å². The summed E-state index contributed by atoms with van der Waals surface area (Å²) in [5, 5.41) is 7.38. The molecule has 7 heteroatoms. The summed E-state index contributed by atoms with van der Waals surface area (Å²) in [7, 11) is 0. The van der Waals surface area contributed by atoms with Crippen molar-refractivity contribution >= 4 is 6.03 Å². The van der Waals surface area contributed by atoms with Gasteiger partial charge >= 0.3 is 6.03 Å². The van der Waals surface area contributed by atoms with Gasteiger partial charge in [-0.25, -0.2) is 4.79 Å². The molecule has 0 bridgehead atoms. The molecule has 1 aromatic heterocycles. The molecule has 3 aliphatic rings. The smallest absolute Gasteiger partial charge is 0.317 e. The summed E-state index contributed by atoms with van der Waals surface area (Å²) in [6.45, 7) is 3.09. The molecule has 3 fully saturated rings. The van der Waals surface area contributed by atoms with Gasteiger partial charge in [0.05, 0.1) is 0 Å². The lowest BCUT2D eigenvalue weighted by atomic mass is 9.96. The first-order valence-electron chi connectivity index (χ1n) is 9.76. The minimum atomic E-state index is 0.0961. The van der Waals surface area contributed by atoms with Crippen molar-refractivity contribution in [2.75, 3.05) is 26.3 Å². The highest BCUT2D eigenvalue weighted by molar-refractivity contribution is 5.74. The predicted molar refractivity (Wildman–Crippen MR) is 91.4 cm³/mol. The third-order valence-electron chi connectivity index (χ3n) is 5.86. The van der Waals surface area contributed by atoms with Crippen LogP contribution in [0.4, 0.5) is 4.79 Å². The van der Waals surface area contributed by atoms with Gasteiger partial charge in [0.25, 0.3) is 0 Å². The first-order valence-corrected chi connectivity index (χ1v) is 9.76. The molecule has 7 nitrogen and oxygen atoms in total. The zero-order valence-corrected chi connectivity index (χ0v) is 14.8. The summed E-state index contributed by atoms with van der Waals surface area (Å²) in [5.74, 6) is 2.22. The number of carbonyl (C=O) groups is 1. The molecule has 1 N–H and O–H groups in total. The fourth-order valence-corrected chi connectivity index (χ4v) is 4.20. The number of likely N-dealkylation sites (tertiary alicyclic amines) is 1. The number of ether oxygens (including phenoxy) is 1. The Hall–Kier alpha value is -1.63. The third kappa shape index (κ3) is 3.97. The summed E-state index contributed by atoms with van der Waals surface area (Å²) in [6.07, 6.45) is 8.45. The Bertz CT molecular complexity index is 571. The molecular formula is C18H28N4O3. The van der Waals surface area contributed by atoms with E-state index in [1.807, 2.05) is 4.90 Å². The zero-order chi connectivity index (χ0) is 17.1. The summed E-state index contributed by atoms with van der Waals surface area (Å²) < 4.78 is 10.9. The molecule has 2 aliphatic heterocycles. The van der Waals surface area contributed by atoms with Gasteiger partial charge in [0, 0.05) is 44.2 Å².